The molecule has 2 atom stereocenters. The molecule has 0 saturated carbocycles. The fourth-order valence-corrected chi connectivity index (χ4v) is 4.33. The molecule has 0 aromatic heterocycles. The van der Waals surface area contributed by atoms with Crippen LogP contribution in [0.5, 0.6) is 0 Å². The Kier molecular flexibility index (Phi) is 5.03. The molecule has 0 radical (unpaired) electrons. The van der Waals surface area contributed by atoms with E-state index in [2.05, 4.69) is 5.32 Å². The minimum Gasteiger partial charge on any atom is -0.390 e. The summed E-state index contributed by atoms with van der Waals surface area (Å²) in [6.45, 7) is 4.33. The van der Waals surface area contributed by atoms with Crippen LogP contribution in [0.2, 0.25) is 0 Å². The Morgan fingerprint density at radius 1 is 1.21 bits per heavy atom. The summed E-state index contributed by atoms with van der Waals surface area (Å²) in [6, 6.07) is 5.34. The van der Waals surface area contributed by atoms with Crippen molar-refractivity contribution < 1.29 is 24.5 Å². The van der Waals surface area contributed by atoms with Crippen LogP contribution in [0.15, 0.2) is 18.2 Å². The predicted molar refractivity (Wildman–Crippen MR) is 102 cm³/mol. The monoisotopic (exact) mass is 389 g/mol. The minimum atomic E-state index is -0.834. The summed E-state index contributed by atoms with van der Waals surface area (Å²) in [4.78, 5) is 28.5. The zero-order valence-electron chi connectivity index (χ0n) is 16.1. The molecular formula is C20H27N3O5. The van der Waals surface area contributed by atoms with Gasteiger partial charge in [-0.15, -0.1) is 0 Å². The number of nitrogens with zero attached hydrogens (tertiary/aromatic N) is 2. The highest BCUT2D eigenvalue weighted by Gasteiger charge is 2.43. The lowest BCUT2D eigenvalue weighted by Crippen LogP contribution is -2.55. The van der Waals surface area contributed by atoms with Crippen molar-refractivity contribution in [1.29, 1.82) is 0 Å². The van der Waals surface area contributed by atoms with E-state index in [1.165, 1.54) is 0 Å². The molecule has 1 aromatic rings. The Morgan fingerprint density at radius 3 is 2.61 bits per heavy atom. The number of rotatable bonds is 2. The van der Waals surface area contributed by atoms with Crippen molar-refractivity contribution in [3.63, 3.8) is 0 Å². The summed E-state index contributed by atoms with van der Waals surface area (Å²) >= 11 is 0. The second-order valence-corrected chi connectivity index (χ2v) is 8.01. The Hall–Kier alpha value is -2.16. The Labute approximate surface area is 164 Å². The molecule has 3 N–H and O–H groups in total. The SMILES string of the molecule is Cc1ccc(C(=O)N2CCC3(CC2)C[C@@H](O)[C@@H](O)CO3)cc1N1CCNC1=O. The second-order valence-electron chi connectivity index (χ2n) is 8.01. The largest absolute Gasteiger partial charge is 0.390 e. The first-order chi connectivity index (χ1) is 13.4. The summed E-state index contributed by atoms with van der Waals surface area (Å²) in [5.41, 5.74) is 1.83. The molecule has 28 heavy (non-hydrogen) atoms. The average molecular weight is 389 g/mol. The van der Waals surface area contributed by atoms with Gasteiger partial charge in [0.1, 0.15) is 6.10 Å². The van der Waals surface area contributed by atoms with E-state index in [0.717, 1.165) is 11.3 Å². The summed E-state index contributed by atoms with van der Waals surface area (Å²) in [5.74, 6) is -0.0629. The number of aliphatic hydroxyl groups excluding tert-OH is 2. The van der Waals surface area contributed by atoms with Crippen molar-refractivity contribution in [2.75, 3.05) is 37.7 Å². The zero-order valence-corrected chi connectivity index (χ0v) is 16.1. The van der Waals surface area contributed by atoms with Gasteiger partial charge in [-0.25, -0.2) is 4.79 Å². The number of nitrogens with one attached hydrogen (secondary N) is 1. The Bertz CT molecular complexity index is 775. The van der Waals surface area contributed by atoms with Crippen molar-refractivity contribution in [3.8, 4) is 0 Å². The number of hydrogen-bond donors (Lipinski definition) is 3. The first-order valence-electron chi connectivity index (χ1n) is 9.84. The van der Waals surface area contributed by atoms with Crippen molar-refractivity contribution in [3.05, 3.63) is 29.3 Å². The summed E-state index contributed by atoms with van der Waals surface area (Å²) in [5, 5.41) is 22.4. The maximum absolute atomic E-state index is 13.0. The molecule has 3 aliphatic heterocycles. The smallest absolute Gasteiger partial charge is 0.322 e. The van der Waals surface area contributed by atoms with Crippen LogP contribution in [0, 0.1) is 6.92 Å². The molecule has 0 unspecified atom stereocenters. The fraction of sp³-hybridized carbons (Fsp3) is 0.600. The summed E-state index contributed by atoms with van der Waals surface area (Å²) < 4.78 is 5.84. The third-order valence-corrected chi connectivity index (χ3v) is 6.15. The van der Waals surface area contributed by atoms with Gasteiger partial charge in [-0.2, -0.15) is 0 Å². The Balaban J connectivity index is 1.45. The van der Waals surface area contributed by atoms with Crippen LogP contribution in [-0.2, 0) is 4.74 Å². The van der Waals surface area contributed by atoms with Crippen LogP contribution in [0.3, 0.4) is 0 Å². The number of amides is 3. The van der Waals surface area contributed by atoms with Gasteiger partial charge in [-0.1, -0.05) is 6.07 Å². The van der Waals surface area contributed by atoms with Crippen molar-refractivity contribution in [1.82, 2.24) is 10.2 Å². The third-order valence-electron chi connectivity index (χ3n) is 6.15. The van der Waals surface area contributed by atoms with E-state index in [1.807, 2.05) is 13.0 Å². The second kappa shape index (κ2) is 7.35. The number of hydrogen-bond acceptors (Lipinski definition) is 5. The lowest BCUT2D eigenvalue weighted by molar-refractivity contribution is -0.185. The summed E-state index contributed by atoms with van der Waals surface area (Å²) in [6.07, 6.45) is 0.0573. The van der Waals surface area contributed by atoms with Gasteiger partial charge < -0.3 is 25.2 Å². The normalized spacial score (nSPS) is 27.2. The van der Waals surface area contributed by atoms with Gasteiger partial charge in [-0.05, 0) is 37.5 Å². The molecular weight excluding hydrogens is 362 g/mol. The topological polar surface area (TPSA) is 102 Å². The van der Waals surface area contributed by atoms with E-state index in [9.17, 15) is 19.8 Å². The van der Waals surface area contributed by atoms with E-state index < -0.39 is 17.8 Å². The van der Waals surface area contributed by atoms with Gasteiger partial charge in [-0.3, -0.25) is 9.69 Å². The van der Waals surface area contributed by atoms with E-state index in [1.54, 1.807) is 21.9 Å². The van der Waals surface area contributed by atoms with Crippen LogP contribution >= 0.6 is 0 Å². The molecule has 3 fully saturated rings. The number of carbonyl (C=O) groups excluding carboxylic acids is 2. The van der Waals surface area contributed by atoms with Gasteiger partial charge in [0, 0.05) is 43.9 Å². The van der Waals surface area contributed by atoms with Crippen molar-refractivity contribution in [2.24, 2.45) is 0 Å². The molecule has 1 spiro atoms. The average Bonchev–Trinajstić information content (AvgIpc) is 3.11. The molecule has 3 saturated heterocycles. The first-order valence-corrected chi connectivity index (χ1v) is 9.84. The molecule has 8 heteroatoms. The number of piperidine rings is 1. The van der Waals surface area contributed by atoms with Gasteiger partial charge >= 0.3 is 6.03 Å². The van der Waals surface area contributed by atoms with Gasteiger partial charge in [0.15, 0.2) is 0 Å². The number of carbonyl (C=O) groups is 2. The molecule has 152 valence electrons. The van der Waals surface area contributed by atoms with Gasteiger partial charge in [0.05, 0.1) is 18.3 Å². The zero-order chi connectivity index (χ0) is 19.9. The fourth-order valence-electron chi connectivity index (χ4n) is 4.33. The van der Waals surface area contributed by atoms with Crippen molar-refractivity contribution in [2.45, 2.75) is 44.0 Å². The third kappa shape index (κ3) is 3.47. The highest BCUT2D eigenvalue weighted by atomic mass is 16.5. The highest BCUT2D eigenvalue weighted by Crippen LogP contribution is 2.35. The van der Waals surface area contributed by atoms with Crippen LogP contribution in [0.1, 0.15) is 35.2 Å². The molecule has 8 nitrogen and oxygen atoms in total. The maximum atomic E-state index is 13.0. The number of aryl methyl sites for hydroxylation is 1. The number of urea groups is 1. The lowest BCUT2D eigenvalue weighted by atomic mass is 9.82. The van der Waals surface area contributed by atoms with E-state index in [-0.39, 0.29) is 18.5 Å². The number of likely N-dealkylation sites (tertiary alicyclic amines) is 1. The number of ether oxygens (including phenoxy) is 1. The van der Waals surface area contributed by atoms with E-state index in [4.69, 9.17) is 4.74 Å². The first kappa shape index (κ1) is 19.2. The minimum absolute atomic E-state index is 0.0629. The van der Waals surface area contributed by atoms with Gasteiger partial charge in [0.2, 0.25) is 0 Å². The predicted octanol–water partition coefficient (Wildman–Crippen LogP) is 0.642. The molecule has 4 rings (SSSR count). The van der Waals surface area contributed by atoms with E-state index >= 15 is 0 Å². The van der Waals surface area contributed by atoms with Crippen LogP contribution < -0.4 is 10.2 Å². The van der Waals surface area contributed by atoms with Crippen LogP contribution in [0.4, 0.5) is 10.5 Å². The van der Waals surface area contributed by atoms with E-state index in [0.29, 0.717) is 51.0 Å². The standard InChI is InChI=1S/C20H27N3O5/c1-13-2-3-14(10-15(13)23-9-6-21-19(23)27)18(26)22-7-4-20(5-8-22)11-16(24)17(25)12-28-20/h2-3,10,16-17,24-25H,4-9,11-12H2,1H3,(H,21,27)/t16-,17+/m1/s1. The quantitative estimate of drug-likeness (QED) is 0.689. The molecule has 0 aliphatic carbocycles. The molecule has 0 bridgehead atoms. The molecule has 3 amide bonds. The number of benzene rings is 1. The lowest BCUT2D eigenvalue weighted by Gasteiger charge is -2.46. The Morgan fingerprint density at radius 2 is 1.96 bits per heavy atom. The number of anilines is 1. The molecule has 1 aromatic carbocycles. The van der Waals surface area contributed by atoms with Crippen molar-refractivity contribution >= 4 is 17.6 Å². The van der Waals surface area contributed by atoms with Crippen LogP contribution in [-0.4, -0.2) is 77.6 Å². The summed E-state index contributed by atoms with van der Waals surface area (Å²) in [7, 11) is 0. The maximum Gasteiger partial charge on any atom is 0.322 e. The highest BCUT2D eigenvalue weighted by molar-refractivity contribution is 5.99. The van der Waals surface area contributed by atoms with Crippen LogP contribution in [0.25, 0.3) is 0 Å². The number of aliphatic hydroxyl groups is 2. The molecule has 3 aliphatic rings. The molecule has 3 heterocycles. The van der Waals surface area contributed by atoms with Gasteiger partial charge in [0.25, 0.3) is 5.91 Å².